The molecular formula is C29H20F5NO3S. The van der Waals surface area contributed by atoms with Crippen LogP contribution in [0, 0.1) is 17.6 Å². The summed E-state index contributed by atoms with van der Waals surface area (Å²) in [6, 6.07) is 18.8. The summed E-state index contributed by atoms with van der Waals surface area (Å²) in [6.07, 6.45) is -4.79. The number of carbonyl (C=O) groups excluding carboxylic acids is 1. The Morgan fingerprint density at radius 1 is 0.897 bits per heavy atom. The van der Waals surface area contributed by atoms with Crippen LogP contribution in [0.15, 0.2) is 89.2 Å². The van der Waals surface area contributed by atoms with Gasteiger partial charge in [-0.1, -0.05) is 48.5 Å². The maximum absolute atomic E-state index is 14.5. The van der Waals surface area contributed by atoms with Crippen LogP contribution in [-0.2, 0) is 16.1 Å². The molecule has 0 radical (unpaired) electrons. The Kier molecular flexibility index (Phi) is 7.47. The molecule has 1 aliphatic rings. The first kappa shape index (κ1) is 26.6. The second-order valence-corrected chi connectivity index (χ2v) is 9.84. The predicted molar refractivity (Wildman–Crippen MR) is 136 cm³/mol. The molecule has 1 aliphatic heterocycles. The summed E-state index contributed by atoms with van der Waals surface area (Å²) >= 11 is 1.44. The fourth-order valence-corrected chi connectivity index (χ4v) is 5.07. The van der Waals surface area contributed by atoms with Gasteiger partial charge in [0.25, 0.3) is 0 Å². The Morgan fingerprint density at radius 2 is 1.54 bits per heavy atom. The van der Waals surface area contributed by atoms with E-state index in [0.29, 0.717) is 16.7 Å². The lowest BCUT2D eigenvalue weighted by atomic mass is 9.90. The minimum atomic E-state index is -4.78. The van der Waals surface area contributed by atoms with Crippen LogP contribution in [-0.4, -0.2) is 18.0 Å². The minimum absolute atomic E-state index is 0.00574. The van der Waals surface area contributed by atoms with Gasteiger partial charge < -0.3 is 9.47 Å². The first-order chi connectivity index (χ1) is 18.7. The first-order valence-corrected chi connectivity index (χ1v) is 12.7. The van der Waals surface area contributed by atoms with Gasteiger partial charge in [-0.15, -0.1) is 24.5 Å². The second kappa shape index (κ2) is 11.0. The lowest BCUT2D eigenvalue weighted by Crippen LogP contribution is -2.21. The van der Waals surface area contributed by atoms with Gasteiger partial charge in [0.1, 0.15) is 24.0 Å². The van der Waals surface area contributed by atoms with Crippen molar-refractivity contribution in [2.75, 3.05) is 0 Å². The van der Waals surface area contributed by atoms with Crippen molar-refractivity contribution in [3.63, 3.8) is 0 Å². The molecule has 0 saturated carbocycles. The average molecular weight is 558 g/mol. The minimum Gasteiger partial charge on any atom is -0.460 e. The first-order valence-electron chi connectivity index (χ1n) is 11.8. The smallest absolute Gasteiger partial charge is 0.460 e. The molecule has 0 amide bonds. The third-order valence-electron chi connectivity index (χ3n) is 6.25. The van der Waals surface area contributed by atoms with Gasteiger partial charge in [0.15, 0.2) is 0 Å². The van der Waals surface area contributed by atoms with E-state index < -0.39 is 35.9 Å². The highest BCUT2D eigenvalue weighted by Crippen LogP contribution is 2.39. The predicted octanol–water partition coefficient (Wildman–Crippen LogP) is 7.89. The summed E-state index contributed by atoms with van der Waals surface area (Å²) < 4.78 is 75.8. The summed E-state index contributed by atoms with van der Waals surface area (Å²) in [5, 5.41) is 1.86. The van der Waals surface area contributed by atoms with Crippen molar-refractivity contribution in [1.82, 2.24) is 0 Å². The molecule has 10 heteroatoms. The van der Waals surface area contributed by atoms with Crippen LogP contribution in [0.4, 0.5) is 22.0 Å². The number of hydrogen-bond acceptors (Lipinski definition) is 5. The van der Waals surface area contributed by atoms with Gasteiger partial charge >= 0.3 is 12.3 Å². The maximum Gasteiger partial charge on any atom is 0.573 e. The van der Waals surface area contributed by atoms with E-state index in [-0.39, 0.29) is 30.1 Å². The second-order valence-electron chi connectivity index (χ2n) is 8.81. The van der Waals surface area contributed by atoms with E-state index in [0.717, 1.165) is 17.0 Å². The molecule has 2 unspecified atom stereocenters. The Labute approximate surface area is 224 Å². The molecular weight excluding hydrogens is 537 g/mol. The van der Waals surface area contributed by atoms with E-state index in [9.17, 15) is 26.7 Å². The number of ether oxygens (including phenoxy) is 2. The lowest BCUT2D eigenvalue weighted by Gasteiger charge is -2.17. The molecule has 0 spiro atoms. The molecule has 4 aromatic rings. The van der Waals surface area contributed by atoms with Crippen LogP contribution in [0.3, 0.4) is 0 Å². The average Bonchev–Trinajstić information content (AvgIpc) is 3.58. The van der Waals surface area contributed by atoms with Crippen LogP contribution >= 0.6 is 11.3 Å². The summed E-state index contributed by atoms with van der Waals surface area (Å²) in [5.74, 6) is -3.21. The van der Waals surface area contributed by atoms with E-state index in [2.05, 4.69) is 9.73 Å². The van der Waals surface area contributed by atoms with Crippen molar-refractivity contribution < 1.29 is 36.2 Å². The lowest BCUT2D eigenvalue weighted by molar-refractivity contribution is -0.274. The van der Waals surface area contributed by atoms with Crippen molar-refractivity contribution >= 4 is 23.0 Å². The summed E-state index contributed by atoms with van der Waals surface area (Å²) in [4.78, 5) is 18.5. The largest absolute Gasteiger partial charge is 0.573 e. The number of nitrogens with zero attached hydrogens (tertiary/aromatic N) is 1. The Hall–Kier alpha value is -4.05. The van der Waals surface area contributed by atoms with E-state index in [1.165, 1.54) is 41.7 Å². The number of rotatable bonds is 7. The number of hydrogen-bond donors (Lipinski definition) is 0. The van der Waals surface area contributed by atoms with Gasteiger partial charge in [-0.2, -0.15) is 0 Å². The molecule has 200 valence electrons. The van der Waals surface area contributed by atoms with Crippen LogP contribution in [0.2, 0.25) is 0 Å². The van der Waals surface area contributed by atoms with Gasteiger partial charge in [0, 0.05) is 17.0 Å². The molecule has 3 aromatic carbocycles. The molecule has 0 aliphatic carbocycles. The molecule has 5 rings (SSSR count). The molecule has 0 bridgehead atoms. The number of benzene rings is 3. The number of thiophene rings is 1. The normalized spacial score (nSPS) is 17.1. The molecule has 4 nitrogen and oxygen atoms in total. The third-order valence-corrected chi connectivity index (χ3v) is 7.10. The molecule has 0 saturated heterocycles. The standard InChI is InChI=1S/C29H20F5NO3S/c30-23-4-1-5-24(31)26(23)25-15-22(28(36)37-16-21-3-2-14-39-21)27(35-25)19-8-6-17(7-9-19)18-10-12-20(13-11-18)38-29(32,33)34/h1-14,22,27H,15-16H2. The molecule has 0 N–H and O–H groups in total. The van der Waals surface area contributed by atoms with Crippen LogP contribution < -0.4 is 4.74 Å². The van der Waals surface area contributed by atoms with E-state index in [1.807, 2.05) is 17.5 Å². The fraction of sp³-hybridized carbons (Fsp3) is 0.172. The molecule has 0 fully saturated rings. The van der Waals surface area contributed by atoms with Crippen molar-refractivity contribution in [1.29, 1.82) is 0 Å². The van der Waals surface area contributed by atoms with E-state index in [1.54, 1.807) is 24.3 Å². The van der Waals surface area contributed by atoms with Gasteiger partial charge in [0.2, 0.25) is 0 Å². The fourth-order valence-electron chi connectivity index (χ4n) is 4.46. The van der Waals surface area contributed by atoms with Gasteiger partial charge in [0.05, 0.1) is 17.5 Å². The number of alkyl halides is 3. The van der Waals surface area contributed by atoms with Gasteiger partial charge in [-0.3, -0.25) is 9.79 Å². The number of aliphatic imine (C=N–C) groups is 1. The maximum atomic E-state index is 14.5. The third kappa shape index (κ3) is 6.17. The number of carbonyl (C=O) groups is 1. The van der Waals surface area contributed by atoms with Crippen LogP contribution in [0.5, 0.6) is 5.75 Å². The Balaban J connectivity index is 1.41. The zero-order valence-electron chi connectivity index (χ0n) is 20.1. The van der Waals surface area contributed by atoms with Gasteiger partial charge in [-0.05, 0) is 52.4 Å². The number of esters is 1. The monoisotopic (exact) mass is 557 g/mol. The highest BCUT2D eigenvalue weighted by Gasteiger charge is 2.39. The molecule has 2 heterocycles. The van der Waals surface area contributed by atoms with Crippen molar-refractivity contribution in [2.45, 2.75) is 25.4 Å². The van der Waals surface area contributed by atoms with Gasteiger partial charge in [-0.25, -0.2) is 8.78 Å². The SMILES string of the molecule is O=C(OCc1cccs1)C1CC(c2c(F)cccc2F)=NC1c1ccc(-c2ccc(OC(F)(F)F)cc2)cc1. The van der Waals surface area contributed by atoms with E-state index >= 15 is 0 Å². The highest BCUT2D eigenvalue weighted by molar-refractivity contribution is 7.09. The topological polar surface area (TPSA) is 47.9 Å². The zero-order valence-corrected chi connectivity index (χ0v) is 20.9. The highest BCUT2D eigenvalue weighted by atomic mass is 32.1. The Bertz CT molecular complexity index is 1460. The summed E-state index contributed by atoms with van der Waals surface area (Å²) in [5.41, 5.74) is 1.84. The number of halogens is 5. The van der Waals surface area contributed by atoms with Crippen molar-refractivity contribution in [2.24, 2.45) is 10.9 Å². The summed E-state index contributed by atoms with van der Waals surface area (Å²) in [6.45, 7) is 0.0795. The van der Waals surface area contributed by atoms with E-state index in [4.69, 9.17) is 4.74 Å². The molecule has 2 atom stereocenters. The van der Waals surface area contributed by atoms with Crippen molar-refractivity contribution in [3.8, 4) is 16.9 Å². The summed E-state index contributed by atoms with van der Waals surface area (Å²) in [7, 11) is 0. The Morgan fingerprint density at radius 3 is 2.13 bits per heavy atom. The quantitative estimate of drug-likeness (QED) is 0.172. The van der Waals surface area contributed by atoms with Crippen LogP contribution in [0.25, 0.3) is 11.1 Å². The van der Waals surface area contributed by atoms with Crippen LogP contribution in [0.1, 0.15) is 28.5 Å². The van der Waals surface area contributed by atoms with Crippen molar-refractivity contribution in [3.05, 3.63) is 112 Å². The molecule has 39 heavy (non-hydrogen) atoms. The zero-order chi connectivity index (χ0) is 27.6. The molecule has 1 aromatic heterocycles.